The van der Waals surface area contributed by atoms with Crippen molar-refractivity contribution >= 4 is 5.91 Å². The summed E-state index contributed by atoms with van der Waals surface area (Å²) in [6.45, 7) is 3.10. The minimum Gasteiger partial charge on any atom is -0.490 e. The lowest BCUT2D eigenvalue weighted by molar-refractivity contribution is -0.124. The Morgan fingerprint density at radius 1 is 1.29 bits per heavy atom. The van der Waals surface area contributed by atoms with E-state index in [1.165, 1.54) is 0 Å². The van der Waals surface area contributed by atoms with Gasteiger partial charge in [-0.05, 0) is 44.4 Å². The van der Waals surface area contributed by atoms with E-state index in [4.69, 9.17) is 15.2 Å². The number of benzene rings is 1. The van der Waals surface area contributed by atoms with E-state index in [2.05, 4.69) is 5.32 Å². The highest BCUT2D eigenvalue weighted by atomic mass is 16.5. The highest BCUT2D eigenvalue weighted by molar-refractivity contribution is 5.78. The smallest absolute Gasteiger partial charge is 0.258 e. The van der Waals surface area contributed by atoms with Crippen molar-refractivity contribution in [1.29, 1.82) is 0 Å². The van der Waals surface area contributed by atoms with Crippen LogP contribution in [0.25, 0.3) is 0 Å². The second-order valence-electron chi connectivity index (χ2n) is 5.27. The van der Waals surface area contributed by atoms with E-state index in [0.717, 1.165) is 19.3 Å². The minimum atomic E-state index is -0.105. The number of ether oxygens (including phenoxy) is 2. The molecule has 0 aromatic heterocycles. The zero-order valence-electron chi connectivity index (χ0n) is 12.5. The summed E-state index contributed by atoms with van der Waals surface area (Å²) in [6, 6.07) is 7.56. The Balaban J connectivity index is 1.84. The molecule has 0 saturated heterocycles. The molecule has 1 aromatic rings. The van der Waals surface area contributed by atoms with Crippen molar-refractivity contribution in [2.45, 2.75) is 32.2 Å². The summed E-state index contributed by atoms with van der Waals surface area (Å²) in [5.74, 6) is 1.54. The summed E-state index contributed by atoms with van der Waals surface area (Å²) in [5, 5.41) is 3.02. The van der Waals surface area contributed by atoms with Crippen molar-refractivity contribution < 1.29 is 14.3 Å². The molecule has 1 fully saturated rings. The van der Waals surface area contributed by atoms with Crippen LogP contribution in [0.3, 0.4) is 0 Å². The summed E-state index contributed by atoms with van der Waals surface area (Å²) in [4.78, 5) is 12.0. The Morgan fingerprint density at radius 2 is 2.00 bits per heavy atom. The van der Waals surface area contributed by atoms with Gasteiger partial charge in [0.15, 0.2) is 18.1 Å². The Kier molecular flexibility index (Phi) is 5.87. The molecule has 0 spiro atoms. The number of carbonyl (C=O) groups excluding carboxylic acids is 1. The average Bonchev–Trinajstić information content (AvgIpc) is 2.94. The lowest BCUT2D eigenvalue weighted by Gasteiger charge is -2.19. The predicted molar refractivity (Wildman–Crippen MR) is 81.4 cm³/mol. The molecule has 1 aromatic carbocycles. The molecule has 0 radical (unpaired) electrons. The molecule has 21 heavy (non-hydrogen) atoms. The molecule has 0 heterocycles. The number of rotatable bonds is 7. The molecule has 1 amide bonds. The Morgan fingerprint density at radius 3 is 2.67 bits per heavy atom. The monoisotopic (exact) mass is 292 g/mol. The maximum Gasteiger partial charge on any atom is 0.258 e. The van der Waals surface area contributed by atoms with Crippen LogP contribution in [0, 0.1) is 5.92 Å². The van der Waals surface area contributed by atoms with E-state index in [9.17, 15) is 4.79 Å². The van der Waals surface area contributed by atoms with Gasteiger partial charge in [0.05, 0.1) is 6.61 Å². The highest BCUT2D eigenvalue weighted by Gasteiger charge is 2.27. The predicted octanol–water partition coefficient (Wildman–Crippen LogP) is 1.71. The van der Waals surface area contributed by atoms with Crippen LogP contribution in [-0.4, -0.2) is 31.7 Å². The van der Waals surface area contributed by atoms with Crippen LogP contribution in [0.5, 0.6) is 11.5 Å². The van der Waals surface area contributed by atoms with Gasteiger partial charge < -0.3 is 20.5 Å². The van der Waals surface area contributed by atoms with Crippen molar-refractivity contribution in [3.05, 3.63) is 24.3 Å². The Bertz CT molecular complexity index is 465. The fraction of sp³-hybridized carbons (Fsp3) is 0.562. The van der Waals surface area contributed by atoms with Crippen molar-refractivity contribution in [3.8, 4) is 11.5 Å². The Labute approximate surface area is 125 Å². The number of nitrogens with one attached hydrogen (secondary N) is 1. The van der Waals surface area contributed by atoms with Crippen LogP contribution in [-0.2, 0) is 4.79 Å². The first-order valence-corrected chi connectivity index (χ1v) is 7.58. The molecule has 5 nitrogen and oxygen atoms in total. The lowest BCUT2D eigenvalue weighted by Crippen LogP contribution is -2.42. The summed E-state index contributed by atoms with van der Waals surface area (Å²) in [6.07, 6.45) is 3.22. The van der Waals surface area contributed by atoms with Gasteiger partial charge in [-0.2, -0.15) is 0 Å². The van der Waals surface area contributed by atoms with Crippen molar-refractivity contribution in [2.75, 3.05) is 19.8 Å². The first kappa shape index (κ1) is 15.6. The first-order chi connectivity index (χ1) is 10.2. The zero-order chi connectivity index (χ0) is 15.1. The average molecular weight is 292 g/mol. The molecule has 2 rings (SSSR count). The van der Waals surface area contributed by atoms with E-state index in [-0.39, 0.29) is 18.6 Å². The molecule has 0 aliphatic heterocycles. The summed E-state index contributed by atoms with van der Waals surface area (Å²) < 4.78 is 11.0. The number of hydrogen-bond acceptors (Lipinski definition) is 4. The molecule has 1 saturated carbocycles. The van der Waals surface area contributed by atoms with Crippen molar-refractivity contribution in [1.82, 2.24) is 5.32 Å². The first-order valence-electron chi connectivity index (χ1n) is 7.58. The van der Waals surface area contributed by atoms with Crippen molar-refractivity contribution in [2.24, 2.45) is 11.7 Å². The van der Waals surface area contributed by atoms with Gasteiger partial charge in [0, 0.05) is 6.04 Å². The molecular formula is C16H24N2O3. The van der Waals surface area contributed by atoms with E-state index >= 15 is 0 Å². The van der Waals surface area contributed by atoms with Crippen molar-refractivity contribution in [3.63, 3.8) is 0 Å². The molecule has 1 aliphatic carbocycles. The summed E-state index contributed by atoms with van der Waals surface area (Å²) >= 11 is 0. The van der Waals surface area contributed by atoms with Gasteiger partial charge in [-0.25, -0.2) is 0 Å². The lowest BCUT2D eigenvalue weighted by atomic mass is 10.0. The maximum atomic E-state index is 12.0. The normalized spacial score (nSPS) is 21.0. The molecule has 5 heteroatoms. The van der Waals surface area contributed by atoms with Gasteiger partial charge in [-0.3, -0.25) is 4.79 Å². The summed E-state index contributed by atoms with van der Waals surface area (Å²) in [5.41, 5.74) is 5.72. The summed E-state index contributed by atoms with van der Waals surface area (Å²) in [7, 11) is 0. The number of amides is 1. The number of para-hydroxylation sites is 2. The minimum absolute atomic E-state index is 0.00210. The van der Waals surface area contributed by atoms with Crippen LogP contribution in [0.15, 0.2) is 24.3 Å². The van der Waals surface area contributed by atoms with Gasteiger partial charge in [-0.15, -0.1) is 0 Å². The van der Waals surface area contributed by atoms with E-state index < -0.39 is 0 Å². The van der Waals surface area contributed by atoms with E-state index in [1.807, 2.05) is 25.1 Å². The van der Waals surface area contributed by atoms with Gasteiger partial charge in [0.1, 0.15) is 0 Å². The topological polar surface area (TPSA) is 73.6 Å². The molecule has 2 unspecified atom stereocenters. The number of hydrogen-bond donors (Lipinski definition) is 2. The second-order valence-corrected chi connectivity index (χ2v) is 5.27. The van der Waals surface area contributed by atoms with E-state index in [1.54, 1.807) is 6.07 Å². The Hall–Kier alpha value is -1.75. The van der Waals surface area contributed by atoms with Crippen LogP contribution in [0.4, 0.5) is 0 Å². The quantitative estimate of drug-likeness (QED) is 0.802. The molecule has 3 N–H and O–H groups in total. The molecule has 116 valence electrons. The fourth-order valence-corrected chi connectivity index (χ4v) is 2.74. The van der Waals surface area contributed by atoms with Gasteiger partial charge in [-0.1, -0.05) is 18.6 Å². The standard InChI is InChI=1S/C16H24N2O3/c1-2-20-14-8-3-4-9-15(14)21-11-16(19)18-13-7-5-6-12(13)10-17/h3-4,8-9,12-13H,2,5-7,10-11,17H2,1H3,(H,18,19). The van der Waals surface area contributed by atoms with E-state index in [0.29, 0.717) is 30.6 Å². The number of carbonyl (C=O) groups is 1. The molecular weight excluding hydrogens is 268 g/mol. The number of nitrogens with two attached hydrogens (primary N) is 1. The SMILES string of the molecule is CCOc1ccccc1OCC(=O)NC1CCCC1CN. The molecule has 2 atom stereocenters. The van der Waals surface area contributed by atoms with Crippen LogP contribution in [0.1, 0.15) is 26.2 Å². The maximum absolute atomic E-state index is 12.0. The molecule has 0 bridgehead atoms. The van der Waals surface area contributed by atoms with Gasteiger partial charge in [0.2, 0.25) is 0 Å². The molecule has 1 aliphatic rings. The third-order valence-electron chi connectivity index (χ3n) is 3.82. The van der Waals surface area contributed by atoms with Crippen LogP contribution in [0.2, 0.25) is 0 Å². The highest BCUT2D eigenvalue weighted by Crippen LogP contribution is 2.27. The van der Waals surface area contributed by atoms with Gasteiger partial charge in [0.25, 0.3) is 5.91 Å². The second kappa shape index (κ2) is 7.88. The third kappa shape index (κ3) is 4.36. The van der Waals surface area contributed by atoms with Crippen LogP contribution >= 0.6 is 0 Å². The fourth-order valence-electron chi connectivity index (χ4n) is 2.74. The zero-order valence-corrected chi connectivity index (χ0v) is 12.5. The third-order valence-corrected chi connectivity index (χ3v) is 3.82. The largest absolute Gasteiger partial charge is 0.490 e. The van der Waals surface area contributed by atoms with Gasteiger partial charge >= 0.3 is 0 Å². The van der Waals surface area contributed by atoms with Crippen LogP contribution < -0.4 is 20.5 Å².